The van der Waals surface area contributed by atoms with Crippen LogP contribution in [0.2, 0.25) is 5.02 Å². The van der Waals surface area contributed by atoms with Crippen molar-refractivity contribution in [3.05, 3.63) is 69.9 Å². The van der Waals surface area contributed by atoms with Crippen LogP contribution < -0.4 is 16.4 Å². The second kappa shape index (κ2) is 12.7. The van der Waals surface area contributed by atoms with Crippen molar-refractivity contribution in [2.45, 2.75) is 11.4 Å². The number of nitrogens with two attached hydrogens (primary N) is 1. The van der Waals surface area contributed by atoms with Gasteiger partial charge in [-0.15, -0.1) is 0 Å². The molecule has 2 heterocycles. The van der Waals surface area contributed by atoms with E-state index in [1.165, 1.54) is 6.07 Å². The maximum Gasteiger partial charge on any atom is 0.416 e. The van der Waals surface area contributed by atoms with Crippen LogP contribution in [0.5, 0.6) is 0 Å². The van der Waals surface area contributed by atoms with Gasteiger partial charge >= 0.3 is 6.18 Å². The molecular formula is C26H24ClF3N6O3S. The lowest BCUT2D eigenvalue weighted by Crippen LogP contribution is -2.37. The van der Waals surface area contributed by atoms with Gasteiger partial charge in [0.2, 0.25) is 5.91 Å². The predicted molar refractivity (Wildman–Crippen MR) is 147 cm³/mol. The highest BCUT2D eigenvalue weighted by Gasteiger charge is 2.39. The summed E-state index contributed by atoms with van der Waals surface area (Å²) in [5.74, 6) is -1.45. The van der Waals surface area contributed by atoms with Crippen LogP contribution >= 0.6 is 23.4 Å². The molecule has 40 heavy (non-hydrogen) atoms. The Labute approximate surface area is 237 Å². The van der Waals surface area contributed by atoms with Crippen LogP contribution in [0.15, 0.2) is 58.7 Å². The van der Waals surface area contributed by atoms with Crippen molar-refractivity contribution >= 4 is 51.6 Å². The number of carbonyl (C=O) groups excluding carboxylic acids is 2. The predicted octanol–water partition coefficient (Wildman–Crippen LogP) is 3.87. The summed E-state index contributed by atoms with van der Waals surface area (Å²) < 4.78 is 45.1. The van der Waals surface area contributed by atoms with Crippen LogP contribution in [0.1, 0.15) is 11.1 Å². The van der Waals surface area contributed by atoms with E-state index in [0.717, 1.165) is 43.1 Å². The van der Waals surface area contributed by atoms with Crippen molar-refractivity contribution in [2.24, 2.45) is 10.7 Å². The molecule has 0 aliphatic carbocycles. The second-order valence-corrected chi connectivity index (χ2v) is 10.3. The lowest BCUT2D eigenvalue weighted by molar-refractivity contribution is -0.137. The second-order valence-electron chi connectivity index (χ2n) is 8.76. The zero-order valence-corrected chi connectivity index (χ0v) is 22.5. The molecule has 14 heteroatoms. The number of halogens is 4. The smallest absolute Gasteiger partial charge is 0.400 e. The fourth-order valence-corrected chi connectivity index (χ4v) is 5.31. The summed E-state index contributed by atoms with van der Waals surface area (Å²) >= 11 is 7.01. The van der Waals surface area contributed by atoms with Crippen molar-refractivity contribution in [3.63, 3.8) is 0 Å². The Morgan fingerprint density at radius 2 is 1.90 bits per heavy atom. The number of nitriles is 1. The molecule has 0 radical (unpaired) electrons. The Morgan fingerprint density at radius 3 is 2.60 bits per heavy atom. The van der Waals surface area contributed by atoms with E-state index in [0.29, 0.717) is 19.8 Å². The largest absolute Gasteiger partial charge is 0.416 e. The fraction of sp³-hybridized carbons (Fsp3) is 0.308. The normalized spacial score (nSPS) is 19.0. The van der Waals surface area contributed by atoms with E-state index >= 15 is 0 Å². The highest BCUT2D eigenvalue weighted by Crippen LogP contribution is 2.37. The number of hydrogen-bond donors (Lipinski definition) is 3. The zero-order valence-electron chi connectivity index (χ0n) is 20.9. The molecule has 0 spiro atoms. The van der Waals surface area contributed by atoms with Crippen LogP contribution in [0.4, 0.5) is 24.5 Å². The summed E-state index contributed by atoms with van der Waals surface area (Å²) in [4.78, 5) is 33.2. The summed E-state index contributed by atoms with van der Waals surface area (Å²) in [5, 5.41) is 13.4. The molecule has 2 aromatic rings. The molecule has 210 valence electrons. The molecule has 4 N–H and O–H groups in total. The maximum absolute atomic E-state index is 13.4. The third-order valence-electron chi connectivity index (χ3n) is 6.10. The number of alkyl halides is 3. The van der Waals surface area contributed by atoms with Gasteiger partial charge < -0.3 is 21.1 Å². The highest BCUT2D eigenvalue weighted by molar-refractivity contribution is 8.16. The molecule has 1 saturated heterocycles. The van der Waals surface area contributed by atoms with E-state index in [4.69, 9.17) is 22.1 Å². The number of hydrogen-bond acceptors (Lipinski definition) is 8. The van der Waals surface area contributed by atoms with Gasteiger partial charge in [0, 0.05) is 25.3 Å². The Morgan fingerprint density at radius 1 is 1.18 bits per heavy atom. The first-order valence-electron chi connectivity index (χ1n) is 12.1. The van der Waals surface area contributed by atoms with E-state index in [-0.39, 0.29) is 44.8 Å². The van der Waals surface area contributed by atoms with Gasteiger partial charge in [0.05, 0.1) is 52.9 Å². The molecule has 0 bridgehead atoms. The summed E-state index contributed by atoms with van der Waals surface area (Å²) in [6, 6.07) is 10.9. The van der Waals surface area contributed by atoms with Gasteiger partial charge in [0.15, 0.2) is 0 Å². The minimum atomic E-state index is -4.65. The number of rotatable bonds is 7. The number of anilines is 2. The molecule has 1 atom stereocenters. The SMILES string of the molecule is N#Cc1ccccc1NC(=O)[C@@H]1SC(=NCCN2CCOCC2)C(C(=O)Nc2cc(C(F)(F)F)ccc2Cl)=C1N. The van der Waals surface area contributed by atoms with Crippen molar-refractivity contribution in [3.8, 4) is 6.07 Å². The average Bonchev–Trinajstić information content (AvgIpc) is 3.26. The van der Waals surface area contributed by atoms with Gasteiger partial charge in [-0.2, -0.15) is 18.4 Å². The first kappa shape index (κ1) is 29.4. The summed E-state index contributed by atoms with van der Waals surface area (Å²) in [6.45, 7) is 3.48. The van der Waals surface area contributed by atoms with E-state index in [2.05, 4.69) is 20.5 Å². The van der Waals surface area contributed by atoms with Gasteiger partial charge in [0.1, 0.15) is 16.4 Å². The van der Waals surface area contributed by atoms with Crippen molar-refractivity contribution in [1.82, 2.24) is 4.90 Å². The first-order valence-corrected chi connectivity index (χ1v) is 13.3. The van der Waals surface area contributed by atoms with Gasteiger partial charge in [-0.3, -0.25) is 19.5 Å². The van der Waals surface area contributed by atoms with Crippen LogP contribution in [0.3, 0.4) is 0 Å². The van der Waals surface area contributed by atoms with Crippen LogP contribution in [-0.4, -0.2) is 66.4 Å². The minimum absolute atomic E-state index is 0.112. The number of nitrogens with zero attached hydrogens (tertiary/aromatic N) is 3. The van der Waals surface area contributed by atoms with Gasteiger partial charge in [-0.1, -0.05) is 35.5 Å². The molecule has 0 aromatic heterocycles. The lowest BCUT2D eigenvalue weighted by atomic mass is 10.1. The molecule has 2 aromatic carbocycles. The number of nitrogens with one attached hydrogen (secondary N) is 2. The molecule has 0 saturated carbocycles. The number of thioether (sulfide) groups is 1. The van der Waals surface area contributed by atoms with E-state index in [9.17, 15) is 28.0 Å². The fourth-order valence-electron chi connectivity index (χ4n) is 4.02. The van der Waals surface area contributed by atoms with Crippen LogP contribution in [-0.2, 0) is 20.5 Å². The topological polar surface area (TPSA) is 133 Å². The quantitative estimate of drug-likeness (QED) is 0.445. The number of benzene rings is 2. The Balaban J connectivity index is 1.61. The van der Waals surface area contributed by atoms with E-state index in [1.807, 2.05) is 6.07 Å². The summed E-state index contributed by atoms with van der Waals surface area (Å²) in [6.07, 6.45) is -4.65. The van der Waals surface area contributed by atoms with Crippen molar-refractivity contribution in [1.29, 1.82) is 5.26 Å². The van der Waals surface area contributed by atoms with Gasteiger partial charge in [0.25, 0.3) is 5.91 Å². The Bertz CT molecular complexity index is 1400. The number of para-hydroxylation sites is 1. The average molecular weight is 593 g/mol. The monoisotopic (exact) mass is 592 g/mol. The minimum Gasteiger partial charge on any atom is -0.400 e. The van der Waals surface area contributed by atoms with Crippen molar-refractivity contribution < 1.29 is 27.5 Å². The number of ether oxygens (including phenoxy) is 1. The van der Waals surface area contributed by atoms with Crippen LogP contribution in [0.25, 0.3) is 0 Å². The van der Waals surface area contributed by atoms with Gasteiger partial charge in [-0.05, 0) is 30.3 Å². The van der Waals surface area contributed by atoms with Gasteiger partial charge in [-0.25, -0.2) is 0 Å². The Kier molecular flexibility index (Phi) is 9.36. The third-order valence-corrected chi connectivity index (χ3v) is 7.69. The molecule has 2 aliphatic rings. The number of amides is 2. The lowest BCUT2D eigenvalue weighted by Gasteiger charge is -2.25. The standard InChI is InChI=1S/C26H24ClF3N6O3S/c27-17-6-5-16(26(28,29)30)13-19(17)35-23(37)20-21(32)22(24(38)34-18-4-2-1-3-15(18)14-31)40-25(20)33-7-8-36-9-11-39-12-10-36/h1-6,13,22H,7-12,32H2,(H,34,38)(H,35,37)/t22-/m1/s1. The molecule has 2 amide bonds. The summed E-state index contributed by atoms with van der Waals surface area (Å²) in [7, 11) is 0. The molecule has 9 nitrogen and oxygen atoms in total. The van der Waals surface area contributed by atoms with Crippen LogP contribution in [0, 0.1) is 11.3 Å². The van der Waals surface area contributed by atoms with E-state index in [1.54, 1.807) is 18.2 Å². The first-order chi connectivity index (χ1) is 19.1. The molecule has 0 unspecified atom stereocenters. The Hall–Kier alpha value is -3.57. The number of aliphatic imine (C=N–C) groups is 1. The molecule has 4 rings (SSSR count). The van der Waals surface area contributed by atoms with Crippen molar-refractivity contribution in [2.75, 3.05) is 50.0 Å². The van der Waals surface area contributed by atoms with E-state index < -0.39 is 28.8 Å². The zero-order chi connectivity index (χ0) is 28.9. The molecule has 2 aliphatic heterocycles. The highest BCUT2D eigenvalue weighted by atomic mass is 35.5. The number of morpholine rings is 1. The maximum atomic E-state index is 13.4. The summed E-state index contributed by atoms with van der Waals surface area (Å²) in [5.41, 5.74) is 5.28. The number of carbonyl (C=O) groups is 2. The third kappa shape index (κ3) is 6.95. The molecule has 1 fully saturated rings. The molecular weight excluding hydrogens is 569 g/mol.